The second-order valence-corrected chi connectivity index (χ2v) is 7.46. The van der Waals surface area contributed by atoms with Gasteiger partial charge in [-0.1, -0.05) is 36.4 Å². The molecule has 0 fully saturated rings. The number of halogens is 1. The SMILES string of the molecule is Cc1cccc(NC(=O)C[C@H](c2ccc(F)cc2)c2ccc(OC(C)C)cc2)c1. The van der Waals surface area contributed by atoms with E-state index in [4.69, 9.17) is 4.74 Å². The normalized spacial score (nSPS) is 11.9. The van der Waals surface area contributed by atoms with Crippen LogP contribution in [0.1, 0.15) is 42.9 Å². The second kappa shape index (κ2) is 9.37. The van der Waals surface area contributed by atoms with E-state index >= 15 is 0 Å². The van der Waals surface area contributed by atoms with Gasteiger partial charge in [0.15, 0.2) is 0 Å². The summed E-state index contributed by atoms with van der Waals surface area (Å²) >= 11 is 0. The third-order valence-electron chi connectivity index (χ3n) is 4.62. The van der Waals surface area contributed by atoms with E-state index in [1.54, 1.807) is 12.1 Å². The van der Waals surface area contributed by atoms with Gasteiger partial charge in [-0.2, -0.15) is 0 Å². The summed E-state index contributed by atoms with van der Waals surface area (Å²) in [5, 5.41) is 2.96. The molecule has 1 N–H and O–H groups in total. The monoisotopic (exact) mass is 391 g/mol. The van der Waals surface area contributed by atoms with Crippen LogP contribution in [0.15, 0.2) is 72.8 Å². The lowest BCUT2D eigenvalue weighted by Crippen LogP contribution is -2.16. The lowest BCUT2D eigenvalue weighted by molar-refractivity contribution is -0.116. The van der Waals surface area contributed by atoms with Crippen molar-refractivity contribution in [3.63, 3.8) is 0 Å². The molecule has 1 atom stereocenters. The Bertz CT molecular complexity index is 949. The molecule has 4 heteroatoms. The molecule has 0 radical (unpaired) electrons. The second-order valence-electron chi connectivity index (χ2n) is 7.46. The summed E-state index contributed by atoms with van der Waals surface area (Å²) in [5.74, 6) is 0.212. The standard InChI is InChI=1S/C25H26FNO2/c1-17(2)29-23-13-9-20(10-14-23)24(19-7-11-21(26)12-8-19)16-25(28)27-22-6-4-5-18(3)15-22/h4-15,17,24H,16H2,1-3H3,(H,27,28)/t24-/m1/s1. The van der Waals surface area contributed by atoms with Gasteiger partial charge in [0.25, 0.3) is 0 Å². The molecule has 0 aliphatic carbocycles. The molecule has 3 aromatic rings. The number of anilines is 1. The quantitative estimate of drug-likeness (QED) is 0.530. The maximum atomic E-state index is 13.4. The van der Waals surface area contributed by atoms with Gasteiger partial charge in [0.05, 0.1) is 6.10 Å². The smallest absolute Gasteiger partial charge is 0.225 e. The maximum Gasteiger partial charge on any atom is 0.225 e. The highest BCUT2D eigenvalue weighted by Crippen LogP contribution is 2.30. The number of hydrogen-bond acceptors (Lipinski definition) is 2. The Morgan fingerprint density at radius 3 is 2.17 bits per heavy atom. The van der Waals surface area contributed by atoms with Crippen LogP contribution in [0.2, 0.25) is 0 Å². The highest BCUT2D eigenvalue weighted by Gasteiger charge is 2.19. The molecule has 150 valence electrons. The third-order valence-corrected chi connectivity index (χ3v) is 4.62. The molecule has 3 aromatic carbocycles. The number of carbonyl (C=O) groups is 1. The molecule has 3 nitrogen and oxygen atoms in total. The first-order chi connectivity index (χ1) is 13.9. The first-order valence-electron chi connectivity index (χ1n) is 9.79. The Hall–Kier alpha value is -3.14. The molecular weight excluding hydrogens is 365 g/mol. The third kappa shape index (κ3) is 5.92. The molecule has 0 bridgehead atoms. The van der Waals surface area contributed by atoms with Gasteiger partial charge in [0.1, 0.15) is 11.6 Å². The summed E-state index contributed by atoms with van der Waals surface area (Å²) in [7, 11) is 0. The molecule has 0 saturated carbocycles. The van der Waals surface area contributed by atoms with Crippen molar-refractivity contribution in [2.45, 2.75) is 39.2 Å². The zero-order valence-corrected chi connectivity index (χ0v) is 17.0. The van der Waals surface area contributed by atoms with Gasteiger partial charge in [0, 0.05) is 18.0 Å². The topological polar surface area (TPSA) is 38.3 Å². The minimum atomic E-state index is -0.294. The molecule has 0 unspecified atom stereocenters. The van der Waals surface area contributed by atoms with Gasteiger partial charge in [0.2, 0.25) is 5.91 Å². The number of hydrogen-bond donors (Lipinski definition) is 1. The lowest BCUT2D eigenvalue weighted by atomic mass is 9.88. The van der Waals surface area contributed by atoms with Crippen molar-refractivity contribution in [2.24, 2.45) is 0 Å². The van der Waals surface area contributed by atoms with Crippen molar-refractivity contribution >= 4 is 11.6 Å². The summed E-state index contributed by atoms with van der Waals surface area (Å²) < 4.78 is 19.1. The molecule has 0 spiro atoms. The zero-order chi connectivity index (χ0) is 20.8. The van der Waals surface area contributed by atoms with Crippen LogP contribution >= 0.6 is 0 Å². The van der Waals surface area contributed by atoms with E-state index < -0.39 is 0 Å². The Labute approximate surface area is 171 Å². The van der Waals surface area contributed by atoms with Crippen molar-refractivity contribution in [3.8, 4) is 5.75 Å². The van der Waals surface area contributed by atoms with Crippen LogP contribution < -0.4 is 10.1 Å². The fraction of sp³-hybridized carbons (Fsp3) is 0.240. The summed E-state index contributed by atoms with van der Waals surface area (Å²) in [6.45, 7) is 5.94. The molecule has 0 saturated heterocycles. The van der Waals surface area contributed by atoms with Crippen LogP contribution in [-0.2, 0) is 4.79 Å². The molecule has 0 heterocycles. The summed E-state index contributed by atoms with van der Waals surface area (Å²) in [4.78, 5) is 12.8. The molecule has 0 aliphatic rings. The first kappa shape index (κ1) is 20.6. The Kier molecular flexibility index (Phi) is 6.65. The van der Waals surface area contributed by atoms with Crippen LogP contribution in [0.4, 0.5) is 10.1 Å². The van der Waals surface area contributed by atoms with E-state index in [9.17, 15) is 9.18 Å². The summed E-state index contributed by atoms with van der Waals surface area (Å²) in [6, 6.07) is 21.8. The first-order valence-corrected chi connectivity index (χ1v) is 9.79. The highest BCUT2D eigenvalue weighted by atomic mass is 19.1. The van der Waals surface area contributed by atoms with Gasteiger partial charge in [-0.25, -0.2) is 4.39 Å². The van der Waals surface area contributed by atoms with Gasteiger partial charge in [-0.15, -0.1) is 0 Å². The average molecular weight is 391 g/mol. The van der Waals surface area contributed by atoms with E-state index in [1.165, 1.54) is 12.1 Å². The molecule has 29 heavy (non-hydrogen) atoms. The predicted octanol–water partition coefficient (Wildman–Crippen LogP) is 6.08. The van der Waals surface area contributed by atoms with Crippen molar-refractivity contribution < 1.29 is 13.9 Å². The number of ether oxygens (including phenoxy) is 1. The molecule has 0 aromatic heterocycles. The van der Waals surface area contributed by atoms with Crippen molar-refractivity contribution in [2.75, 3.05) is 5.32 Å². The van der Waals surface area contributed by atoms with Gasteiger partial charge >= 0.3 is 0 Å². The number of nitrogens with one attached hydrogen (secondary N) is 1. The van der Waals surface area contributed by atoms with Gasteiger partial charge in [-0.05, 0) is 73.9 Å². The van der Waals surface area contributed by atoms with Crippen LogP contribution in [0.3, 0.4) is 0 Å². The molecule has 1 amide bonds. The van der Waals surface area contributed by atoms with Gasteiger partial charge < -0.3 is 10.1 Å². The Balaban J connectivity index is 1.83. The van der Waals surface area contributed by atoms with Crippen molar-refractivity contribution in [1.82, 2.24) is 0 Å². The minimum absolute atomic E-state index is 0.0903. The van der Waals surface area contributed by atoms with Crippen LogP contribution in [0, 0.1) is 12.7 Å². The fourth-order valence-electron chi connectivity index (χ4n) is 3.29. The molecule has 0 aliphatic heterocycles. The number of benzene rings is 3. The van der Waals surface area contributed by atoms with Gasteiger partial charge in [-0.3, -0.25) is 4.79 Å². The number of amides is 1. The number of rotatable bonds is 7. The summed E-state index contributed by atoms with van der Waals surface area (Å²) in [5.41, 5.74) is 3.72. The number of carbonyl (C=O) groups excluding carboxylic acids is 1. The zero-order valence-electron chi connectivity index (χ0n) is 17.0. The maximum absolute atomic E-state index is 13.4. The molecular formula is C25H26FNO2. The Morgan fingerprint density at radius 1 is 0.966 bits per heavy atom. The Morgan fingerprint density at radius 2 is 1.59 bits per heavy atom. The summed E-state index contributed by atoms with van der Waals surface area (Å²) in [6.07, 6.45) is 0.345. The predicted molar refractivity (Wildman–Crippen MR) is 115 cm³/mol. The van der Waals surface area contributed by atoms with Crippen molar-refractivity contribution in [3.05, 3.63) is 95.3 Å². The highest BCUT2D eigenvalue weighted by molar-refractivity contribution is 5.91. The molecule has 3 rings (SSSR count). The van der Waals surface area contributed by atoms with Crippen LogP contribution in [0.5, 0.6) is 5.75 Å². The lowest BCUT2D eigenvalue weighted by Gasteiger charge is -2.19. The van der Waals surface area contributed by atoms with E-state index in [2.05, 4.69) is 5.32 Å². The van der Waals surface area contributed by atoms with E-state index in [0.717, 1.165) is 28.1 Å². The van der Waals surface area contributed by atoms with Crippen LogP contribution in [-0.4, -0.2) is 12.0 Å². The fourth-order valence-corrected chi connectivity index (χ4v) is 3.29. The minimum Gasteiger partial charge on any atom is -0.491 e. The van der Waals surface area contributed by atoms with Crippen molar-refractivity contribution in [1.29, 1.82) is 0 Å². The van der Waals surface area contributed by atoms with E-state index in [1.807, 2.05) is 69.3 Å². The largest absolute Gasteiger partial charge is 0.491 e. The van der Waals surface area contributed by atoms with E-state index in [0.29, 0.717) is 0 Å². The van der Waals surface area contributed by atoms with Crippen LogP contribution in [0.25, 0.3) is 0 Å². The van der Waals surface area contributed by atoms with E-state index in [-0.39, 0.29) is 30.2 Å². The average Bonchev–Trinajstić information content (AvgIpc) is 2.67. The number of aryl methyl sites for hydroxylation is 1.